The van der Waals surface area contributed by atoms with Gasteiger partial charge in [-0.15, -0.1) is 0 Å². The predicted octanol–water partition coefficient (Wildman–Crippen LogP) is 4.11. The fourth-order valence-corrected chi connectivity index (χ4v) is 1.92. The third-order valence-electron chi connectivity index (χ3n) is 2.30. The van der Waals surface area contributed by atoms with Crippen LogP contribution in [-0.4, -0.2) is 12.6 Å². The van der Waals surface area contributed by atoms with Crippen molar-refractivity contribution in [3.05, 3.63) is 39.9 Å². The van der Waals surface area contributed by atoms with Crippen LogP contribution >= 0.6 is 15.9 Å². The number of halogens is 1. The molecule has 3 heteroatoms. The van der Waals surface area contributed by atoms with Crippen molar-refractivity contribution in [1.82, 2.24) is 0 Å². The number of carbonyl (C=O) groups excluding carboxylic acids is 1. The molecule has 0 aromatic heterocycles. The Morgan fingerprint density at radius 1 is 1.47 bits per heavy atom. The SMILES string of the molecule is CCCCOC(=O)/C=C/c1ccc(C)cc1Br. The van der Waals surface area contributed by atoms with Gasteiger partial charge in [0, 0.05) is 10.5 Å². The van der Waals surface area contributed by atoms with Crippen LogP contribution in [0.15, 0.2) is 28.7 Å². The highest BCUT2D eigenvalue weighted by atomic mass is 79.9. The third kappa shape index (κ3) is 5.18. The van der Waals surface area contributed by atoms with Gasteiger partial charge in [-0.3, -0.25) is 0 Å². The summed E-state index contributed by atoms with van der Waals surface area (Å²) in [5.41, 5.74) is 2.16. The number of hydrogen-bond acceptors (Lipinski definition) is 2. The van der Waals surface area contributed by atoms with Crippen molar-refractivity contribution in [2.24, 2.45) is 0 Å². The highest BCUT2D eigenvalue weighted by molar-refractivity contribution is 9.10. The molecule has 0 bridgehead atoms. The zero-order valence-corrected chi connectivity index (χ0v) is 11.8. The molecule has 0 fully saturated rings. The first-order valence-corrected chi connectivity index (χ1v) is 6.53. The molecule has 17 heavy (non-hydrogen) atoms. The number of ether oxygens (including phenoxy) is 1. The van der Waals surface area contributed by atoms with Gasteiger partial charge in [-0.1, -0.05) is 41.4 Å². The molecule has 1 aromatic rings. The van der Waals surface area contributed by atoms with Gasteiger partial charge in [0.15, 0.2) is 0 Å². The lowest BCUT2D eigenvalue weighted by Gasteiger charge is -2.01. The smallest absolute Gasteiger partial charge is 0.330 e. The molecular weight excluding hydrogens is 280 g/mol. The minimum Gasteiger partial charge on any atom is -0.463 e. The van der Waals surface area contributed by atoms with E-state index in [4.69, 9.17) is 4.74 Å². The molecule has 0 radical (unpaired) electrons. The number of esters is 1. The molecule has 92 valence electrons. The molecule has 0 aliphatic heterocycles. The van der Waals surface area contributed by atoms with E-state index in [0.717, 1.165) is 22.9 Å². The molecule has 1 aromatic carbocycles. The van der Waals surface area contributed by atoms with E-state index in [1.807, 2.05) is 25.1 Å². The van der Waals surface area contributed by atoms with Gasteiger partial charge in [-0.2, -0.15) is 0 Å². The summed E-state index contributed by atoms with van der Waals surface area (Å²) in [5.74, 6) is -0.286. The average molecular weight is 297 g/mol. The fourth-order valence-electron chi connectivity index (χ4n) is 1.29. The molecule has 0 N–H and O–H groups in total. The van der Waals surface area contributed by atoms with Crippen molar-refractivity contribution in [1.29, 1.82) is 0 Å². The van der Waals surface area contributed by atoms with E-state index in [0.29, 0.717) is 6.61 Å². The summed E-state index contributed by atoms with van der Waals surface area (Å²) < 4.78 is 6.01. The molecule has 0 spiro atoms. The van der Waals surface area contributed by atoms with Gasteiger partial charge in [-0.25, -0.2) is 4.79 Å². The second-order valence-corrected chi connectivity index (χ2v) is 4.73. The van der Waals surface area contributed by atoms with Crippen LogP contribution in [0.5, 0.6) is 0 Å². The van der Waals surface area contributed by atoms with E-state index in [2.05, 4.69) is 22.9 Å². The van der Waals surface area contributed by atoms with Gasteiger partial charge < -0.3 is 4.74 Å². The number of benzene rings is 1. The van der Waals surface area contributed by atoms with Gasteiger partial charge in [-0.05, 0) is 36.6 Å². The first-order valence-electron chi connectivity index (χ1n) is 5.74. The van der Waals surface area contributed by atoms with Crippen LogP contribution in [0, 0.1) is 6.92 Å². The van der Waals surface area contributed by atoms with Gasteiger partial charge in [0.1, 0.15) is 0 Å². The minimum absolute atomic E-state index is 0.286. The second-order valence-electron chi connectivity index (χ2n) is 3.88. The quantitative estimate of drug-likeness (QED) is 0.464. The van der Waals surface area contributed by atoms with E-state index in [9.17, 15) is 4.79 Å². The van der Waals surface area contributed by atoms with Crippen molar-refractivity contribution in [2.45, 2.75) is 26.7 Å². The van der Waals surface area contributed by atoms with E-state index in [1.54, 1.807) is 6.08 Å². The summed E-state index contributed by atoms with van der Waals surface area (Å²) in [5, 5.41) is 0. The van der Waals surface area contributed by atoms with Crippen LogP contribution < -0.4 is 0 Å². The summed E-state index contributed by atoms with van der Waals surface area (Å²) in [4.78, 5) is 11.3. The van der Waals surface area contributed by atoms with Gasteiger partial charge in [0.05, 0.1) is 6.61 Å². The lowest BCUT2D eigenvalue weighted by molar-refractivity contribution is -0.137. The number of rotatable bonds is 5. The monoisotopic (exact) mass is 296 g/mol. The Bertz CT molecular complexity index is 411. The molecule has 0 saturated heterocycles. The van der Waals surface area contributed by atoms with E-state index >= 15 is 0 Å². The van der Waals surface area contributed by atoms with Crippen LogP contribution in [0.3, 0.4) is 0 Å². The van der Waals surface area contributed by atoms with E-state index in [1.165, 1.54) is 11.6 Å². The maximum absolute atomic E-state index is 11.3. The Labute approximate surface area is 111 Å². The van der Waals surface area contributed by atoms with E-state index < -0.39 is 0 Å². The van der Waals surface area contributed by atoms with Crippen LogP contribution in [-0.2, 0) is 9.53 Å². The summed E-state index contributed by atoms with van der Waals surface area (Å²) in [6, 6.07) is 5.99. The van der Waals surface area contributed by atoms with Crippen molar-refractivity contribution in [2.75, 3.05) is 6.61 Å². The molecule has 2 nitrogen and oxygen atoms in total. The van der Waals surface area contributed by atoms with Crippen molar-refractivity contribution in [3.8, 4) is 0 Å². The number of hydrogen-bond donors (Lipinski definition) is 0. The Kier molecular flexibility index (Phi) is 5.98. The minimum atomic E-state index is -0.286. The molecule has 0 saturated carbocycles. The number of unbranched alkanes of at least 4 members (excludes halogenated alkanes) is 1. The zero-order chi connectivity index (χ0) is 12.7. The largest absolute Gasteiger partial charge is 0.463 e. The summed E-state index contributed by atoms with van der Waals surface area (Å²) in [6.45, 7) is 4.58. The normalized spacial score (nSPS) is 10.8. The van der Waals surface area contributed by atoms with Crippen LogP contribution in [0.1, 0.15) is 30.9 Å². The standard InChI is InChI=1S/C14H17BrO2/c1-3-4-9-17-14(16)8-7-12-6-5-11(2)10-13(12)15/h5-8,10H,3-4,9H2,1-2H3/b8-7+. The number of aryl methyl sites for hydroxylation is 1. The Balaban J connectivity index is 2.55. The zero-order valence-electron chi connectivity index (χ0n) is 10.2. The van der Waals surface area contributed by atoms with Crippen LogP contribution in [0.4, 0.5) is 0 Å². The molecule has 0 unspecified atom stereocenters. The Morgan fingerprint density at radius 2 is 2.24 bits per heavy atom. The molecule has 0 aliphatic carbocycles. The van der Waals surface area contributed by atoms with Crippen molar-refractivity contribution < 1.29 is 9.53 Å². The summed E-state index contributed by atoms with van der Waals surface area (Å²) in [7, 11) is 0. The first kappa shape index (κ1) is 14.0. The highest BCUT2D eigenvalue weighted by Crippen LogP contribution is 2.19. The average Bonchev–Trinajstić information content (AvgIpc) is 2.28. The molecular formula is C14H17BrO2. The summed E-state index contributed by atoms with van der Waals surface area (Å²) >= 11 is 3.46. The van der Waals surface area contributed by atoms with Gasteiger partial charge >= 0.3 is 5.97 Å². The Hall–Kier alpha value is -1.09. The van der Waals surface area contributed by atoms with E-state index in [-0.39, 0.29) is 5.97 Å². The number of carbonyl (C=O) groups is 1. The first-order chi connectivity index (χ1) is 8.13. The van der Waals surface area contributed by atoms with Crippen molar-refractivity contribution >= 4 is 28.0 Å². The maximum Gasteiger partial charge on any atom is 0.330 e. The Morgan fingerprint density at radius 3 is 2.88 bits per heavy atom. The topological polar surface area (TPSA) is 26.3 Å². The second kappa shape index (κ2) is 7.28. The highest BCUT2D eigenvalue weighted by Gasteiger charge is 1.99. The third-order valence-corrected chi connectivity index (χ3v) is 2.98. The van der Waals surface area contributed by atoms with Crippen LogP contribution in [0.2, 0.25) is 0 Å². The molecule has 0 amide bonds. The fraction of sp³-hybridized carbons (Fsp3) is 0.357. The molecule has 0 aliphatic rings. The summed E-state index contributed by atoms with van der Waals surface area (Å²) in [6.07, 6.45) is 5.16. The molecule has 0 heterocycles. The predicted molar refractivity (Wildman–Crippen MR) is 73.8 cm³/mol. The maximum atomic E-state index is 11.3. The lowest BCUT2D eigenvalue weighted by atomic mass is 10.1. The lowest BCUT2D eigenvalue weighted by Crippen LogP contribution is -2.01. The molecule has 0 atom stereocenters. The van der Waals surface area contributed by atoms with Crippen LogP contribution in [0.25, 0.3) is 6.08 Å². The molecule has 1 rings (SSSR count). The van der Waals surface area contributed by atoms with Gasteiger partial charge in [0.2, 0.25) is 0 Å². The van der Waals surface area contributed by atoms with Gasteiger partial charge in [0.25, 0.3) is 0 Å². The van der Waals surface area contributed by atoms with Crippen molar-refractivity contribution in [3.63, 3.8) is 0 Å².